The molecule has 1 aromatic heterocycles. The fourth-order valence-electron chi connectivity index (χ4n) is 1.59. The Bertz CT molecular complexity index is 435. The number of aromatic amines is 1. The van der Waals surface area contributed by atoms with Gasteiger partial charge in [-0.2, -0.15) is 4.39 Å². The molecule has 0 saturated heterocycles. The summed E-state index contributed by atoms with van der Waals surface area (Å²) >= 11 is 0. The molecule has 1 heterocycles. The summed E-state index contributed by atoms with van der Waals surface area (Å²) in [6.07, 6.45) is -0.375. The predicted molar refractivity (Wildman–Crippen MR) is 58.8 cm³/mol. The summed E-state index contributed by atoms with van der Waals surface area (Å²) < 4.78 is 18.4. The summed E-state index contributed by atoms with van der Waals surface area (Å²) in [7, 11) is 1.54. The Labute approximate surface area is 93.9 Å². The highest BCUT2D eigenvalue weighted by atomic mass is 19.1. The Morgan fingerprint density at radius 3 is 2.38 bits per heavy atom. The first-order valence-corrected chi connectivity index (χ1v) is 5.06. The number of methoxy groups -OCH3 is 1. The van der Waals surface area contributed by atoms with Crippen molar-refractivity contribution in [3.05, 3.63) is 27.7 Å². The number of hydrogen-bond donors (Lipinski definition) is 1. The third kappa shape index (κ3) is 2.47. The lowest BCUT2D eigenvalue weighted by Crippen LogP contribution is -2.27. The second-order valence-electron chi connectivity index (χ2n) is 4.83. The van der Waals surface area contributed by atoms with Gasteiger partial charge in [-0.25, -0.2) is 4.98 Å². The van der Waals surface area contributed by atoms with Gasteiger partial charge in [0.25, 0.3) is 5.56 Å². The number of aryl methyl sites for hydroxylation is 1. The quantitative estimate of drug-likeness (QED) is 0.841. The average molecular weight is 228 g/mol. The van der Waals surface area contributed by atoms with Crippen LogP contribution >= 0.6 is 0 Å². The zero-order valence-electron chi connectivity index (χ0n) is 10.2. The lowest BCUT2D eigenvalue weighted by molar-refractivity contribution is 0.00819. The molecule has 1 aromatic rings. The van der Waals surface area contributed by atoms with Crippen LogP contribution in [0.15, 0.2) is 4.79 Å². The van der Waals surface area contributed by atoms with Crippen LogP contribution in [0.1, 0.15) is 38.4 Å². The molecular weight excluding hydrogens is 211 g/mol. The summed E-state index contributed by atoms with van der Waals surface area (Å²) in [5.74, 6) is -0.480. The summed E-state index contributed by atoms with van der Waals surface area (Å²) in [6, 6.07) is 0. The molecule has 0 aliphatic rings. The monoisotopic (exact) mass is 228 g/mol. The van der Waals surface area contributed by atoms with E-state index in [9.17, 15) is 9.18 Å². The molecule has 0 aliphatic carbocycles. The van der Waals surface area contributed by atoms with Crippen LogP contribution < -0.4 is 5.56 Å². The zero-order chi connectivity index (χ0) is 12.5. The molecule has 4 nitrogen and oxygen atoms in total. The number of rotatable bonds is 2. The number of ether oxygens (including phenoxy) is 1. The Balaban J connectivity index is 3.28. The molecule has 0 saturated carbocycles. The number of H-pyrrole nitrogens is 1. The van der Waals surface area contributed by atoms with E-state index in [1.807, 2.05) is 20.8 Å². The predicted octanol–water partition coefficient (Wildman–Crippen LogP) is 1.95. The van der Waals surface area contributed by atoms with Crippen molar-refractivity contribution in [1.29, 1.82) is 0 Å². The van der Waals surface area contributed by atoms with Gasteiger partial charge in [0.2, 0.25) is 5.82 Å². The third-order valence-corrected chi connectivity index (χ3v) is 2.32. The van der Waals surface area contributed by atoms with E-state index in [1.54, 1.807) is 0 Å². The Morgan fingerprint density at radius 2 is 2.00 bits per heavy atom. The topological polar surface area (TPSA) is 55.0 Å². The number of hydrogen-bond acceptors (Lipinski definition) is 3. The average Bonchev–Trinajstić information content (AvgIpc) is 2.12. The first-order chi connectivity index (χ1) is 7.27. The minimum absolute atomic E-state index is 0.0880. The molecule has 0 bridgehead atoms. The fourth-order valence-corrected chi connectivity index (χ4v) is 1.59. The Kier molecular flexibility index (Phi) is 3.48. The molecule has 0 spiro atoms. The van der Waals surface area contributed by atoms with Gasteiger partial charge in [-0.15, -0.1) is 0 Å². The molecule has 90 valence electrons. The summed E-state index contributed by atoms with van der Waals surface area (Å²) in [6.45, 7) is 7.34. The van der Waals surface area contributed by atoms with E-state index >= 15 is 0 Å². The molecular formula is C11H17FN2O2. The van der Waals surface area contributed by atoms with Gasteiger partial charge in [-0.1, -0.05) is 20.8 Å². The molecule has 1 N–H and O–H groups in total. The highest BCUT2D eigenvalue weighted by Gasteiger charge is 2.29. The van der Waals surface area contributed by atoms with E-state index in [2.05, 4.69) is 9.97 Å². The van der Waals surface area contributed by atoms with Gasteiger partial charge in [0.1, 0.15) is 11.9 Å². The standard InChI is InChI=1S/C11H17FN2O2/c1-6-7(12)10(15)14-9(13-6)8(16-5)11(2,3)4/h8H,1-5H3,(H,13,14,15). The van der Waals surface area contributed by atoms with Crippen molar-refractivity contribution in [2.75, 3.05) is 7.11 Å². The summed E-state index contributed by atoms with van der Waals surface area (Å²) in [4.78, 5) is 17.7. The van der Waals surface area contributed by atoms with Crippen molar-refractivity contribution < 1.29 is 9.13 Å². The van der Waals surface area contributed by atoms with Gasteiger partial charge in [-0.05, 0) is 12.3 Å². The molecule has 0 aliphatic heterocycles. The molecule has 0 fully saturated rings. The van der Waals surface area contributed by atoms with Gasteiger partial charge in [0.15, 0.2) is 0 Å². The number of aromatic nitrogens is 2. The normalized spacial score (nSPS) is 13.9. The second kappa shape index (κ2) is 4.33. The zero-order valence-corrected chi connectivity index (χ0v) is 10.2. The molecule has 16 heavy (non-hydrogen) atoms. The molecule has 5 heteroatoms. The second-order valence-corrected chi connectivity index (χ2v) is 4.83. The van der Waals surface area contributed by atoms with Crippen LogP contribution in [0.3, 0.4) is 0 Å². The largest absolute Gasteiger partial charge is 0.373 e. The number of nitrogens with zero attached hydrogens (tertiary/aromatic N) is 1. The van der Waals surface area contributed by atoms with Crippen molar-refractivity contribution >= 4 is 0 Å². The molecule has 0 radical (unpaired) electrons. The first kappa shape index (κ1) is 12.8. The third-order valence-electron chi connectivity index (χ3n) is 2.32. The first-order valence-electron chi connectivity index (χ1n) is 5.06. The fraction of sp³-hybridized carbons (Fsp3) is 0.636. The molecule has 1 unspecified atom stereocenters. The van der Waals surface area contributed by atoms with Gasteiger partial charge >= 0.3 is 0 Å². The molecule has 1 atom stereocenters. The van der Waals surface area contributed by atoms with Crippen LogP contribution in [0.25, 0.3) is 0 Å². The lowest BCUT2D eigenvalue weighted by Gasteiger charge is -2.28. The van der Waals surface area contributed by atoms with Crippen LogP contribution in [0.4, 0.5) is 4.39 Å². The highest BCUT2D eigenvalue weighted by molar-refractivity contribution is 5.06. The van der Waals surface area contributed by atoms with Gasteiger partial charge in [0, 0.05) is 7.11 Å². The number of halogens is 1. The summed E-state index contributed by atoms with van der Waals surface area (Å²) in [5, 5.41) is 0. The maximum atomic E-state index is 13.1. The highest BCUT2D eigenvalue weighted by Crippen LogP contribution is 2.33. The van der Waals surface area contributed by atoms with Gasteiger partial charge < -0.3 is 9.72 Å². The van der Waals surface area contributed by atoms with Crippen molar-refractivity contribution in [3.63, 3.8) is 0 Å². The van der Waals surface area contributed by atoms with Crippen molar-refractivity contribution in [1.82, 2.24) is 9.97 Å². The Hall–Kier alpha value is -1.23. The van der Waals surface area contributed by atoms with E-state index in [0.29, 0.717) is 5.82 Å². The number of nitrogens with one attached hydrogen (secondary N) is 1. The van der Waals surface area contributed by atoms with E-state index in [4.69, 9.17) is 4.74 Å². The van der Waals surface area contributed by atoms with Crippen molar-refractivity contribution in [2.24, 2.45) is 5.41 Å². The summed E-state index contributed by atoms with van der Waals surface area (Å²) in [5.41, 5.74) is -0.895. The molecule has 0 amide bonds. The lowest BCUT2D eigenvalue weighted by atomic mass is 9.88. The van der Waals surface area contributed by atoms with E-state index < -0.39 is 11.4 Å². The minimum Gasteiger partial charge on any atom is -0.373 e. The van der Waals surface area contributed by atoms with Crippen LogP contribution in [0, 0.1) is 18.2 Å². The molecule has 1 rings (SSSR count). The maximum absolute atomic E-state index is 13.1. The smallest absolute Gasteiger partial charge is 0.287 e. The van der Waals surface area contributed by atoms with E-state index in [-0.39, 0.29) is 17.2 Å². The molecule has 0 aromatic carbocycles. The van der Waals surface area contributed by atoms with Crippen molar-refractivity contribution in [2.45, 2.75) is 33.8 Å². The van der Waals surface area contributed by atoms with E-state index in [1.165, 1.54) is 14.0 Å². The van der Waals surface area contributed by atoms with Gasteiger partial charge in [-0.3, -0.25) is 4.79 Å². The van der Waals surface area contributed by atoms with Crippen LogP contribution in [0.2, 0.25) is 0 Å². The van der Waals surface area contributed by atoms with Crippen molar-refractivity contribution in [3.8, 4) is 0 Å². The van der Waals surface area contributed by atoms with Gasteiger partial charge in [0.05, 0.1) is 5.69 Å². The maximum Gasteiger partial charge on any atom is 0.287 e. The minimum atomic E-state index is -0.840. The van der Waals surface area contributed by atoms with E-state index in [0.717, 1.165) is 0 Å². The van der Waals surface area contributed by atoms with Crippen LogP contribution in [-0.4, -0.2) is 17.1 Å². The Morgan fingerprint density at radius 1 is 1.44 bits per heavy atom. The van der Waals surface area contributed by atoms with Crippen LogP contribution in [-0.2, 0) is 4.74 Å². The SMILES string of the molecule is COC(c1nc(C)c(F)c(=O)[nH]1)C(C)(C)C. The van der Waals surface area contributed by atoms with Crippen LogP contribution in [0.5, 0.6) is 0 Å².